The van der Waals surface area contributed by atoms with E-state index in [0.29, 0.717) is 12.8 Å². The van der Waals surface area contributed by atoms with Crippen molar-refractivity contribution in [2.45, 2.75) is 235 Å². The molecule has 0 saturated carbocycles. The summed E-state index contributed by atoms with van der Waals surface area (Å²) < 4.78 is 33.4. The molecule has 15 nitrogen and oxygen atoms in total. The average Bonchev–Trinajstić information content (AvgIpc) is 3.24. The molecule has 7 N–H and O–H groups in total. The van der Waals surface area contributed by atoms with Gasteiger partial charge in [-0.2, -0.15) is 0 Å². The van der Waals surface area contributed by atoms with Gasteiger partial charge >= 0.3 is 11.9 Å². The fourth-order valence-corrected chi connectivity index (χ4v) is 7.33. The highest BCUT2D eigenvalue weighted by atomic mass is 16.7. The monoisotopic (exact) mass is 863 g/mol. The van der Waals surface area contributed by atoms with E-state index in [2.05, 4.69) is 26.0 Å². The predicted molar refractivity (Wildman–Crippen MR) is 224 cm³/mol. The molecule has 2 aliphatic heterocycles. The Bertz CT molecular complexity index is 1110. The maximum atomic E-state index is 12.9. The lowest BCUT2D eigenvalue weighted by Crippen LogP contribution is -2.61. The third kappa shape index (κ3) is 22.5. The fraction of sp³-hybridized carbons (Fsp3) is 0.911. The molecule has 2 aliphatic rings. The van der Waals surface area contributed by atoms with E-state index in [9.17, 15) is 45.3 Å². The van der Waals surface area contributed by atoms with Crippen molar-refractivity contribution in [3.8, 4) is 0 Å². The summed E-state index contributed by atoms with van der Waals surface area (Å²) in [7, 11) is 0. The van der Waals surface area contributed by atoms with Crippen LogP contribution in [0.3, 0.4) is 0 Å². The number of carbonyl (C=O) groups is 2. The Labute approximate surface area is 359 Å². The van der Waals surface area contributed by atoms with Crippen LogP contribution >= 0.6 is 0 Å². The van der Waals surface area contributed by atoms with Gasteiger partial charge in [-0.1, -0.05) is 129 Å². The largest absolute Gasteiger partial charge is 0.462 e. The first-order valence-corrected chi connectivity index (χ1v) is 23.3. The Morgan fingerprint density at radius 2 is 0.950 bits per heavy atom. The van der Waals surface area contributed by atoms with Gasteiger partial charge in [0.05, 0.1) is 19.8 Å². The van der Waals surface area contributed by atoms with E-state index in [0.717, 1.165) is 44.9 Å². The lowest BCUT2D eigenvalue weighted by atomic mass is 9.98. The molecular formula is C45H82O15. The van der Waals surface area contributed by atoms with Gasteiger partial charge in [0.15, 0.2) is 18.7 Å². The normalized spacial score (nSPS) is 27.6. The van der Waals surface area contributed by atoms with Crippen LogP contribution in [0.25, 0.3) is 0 Å². The zero-order valence-corrected chi connectivity index (χ0v) is 36.7. The lowest BCUT2D eigenvalue weighted by Gasteiger charge is -2.42. The number of allylic oxidation sites excluding steroid dienone is 2. The van der Waals surface area contributed by atoms with Crippen LogP contribution in [-0.2, 0) is 38.0 Å². The second-order valence-electron chi connectivity index (χ2n) is 16.6. The molecule has 2 fully saturated rings. The highest BCUT2D eigenvalue weighted by Crippen LogP contribution is 2.26. The first-order valence-electron chi connectivity index (χ1n) is 23.3. The summed E-state index contributed by atoms with van der Waals surface area (Å²) in [5, 5.41) is 71.8. The molecule has 2 heterocycles. The highest BCUT2D eigenvalue weighted by Gasteiger charge is 2.47. The Hall–Kier alpha value is -1.76. The van der Waals surface area contributed by atoms with E-state index >= 15 is 0 Å². The Morgan fingerprint density at radius 3 is 1.48 bits per heavy atom. The van der Waals surface area contributed by atoms with Crippen molar-refractivity contribution < 1.29 is 73.8 Å². The molecule has 0 spiro atoms. The molecule has 0 aliphatic carbocycles. The number of hydrogen-bond acceptors (Lipinski definition) is 15. The smallest absolute Gasteiger partial charge is 0.306 e. The topological polar surface area (TPSA) is 231 Å². The van der Waals surface area contributed by atoms with Crippen molar-refractivity contribution in [1.29, 1.82) is 0 Å². The molecule has 0 aromatic heterocycles. The maximum Gasteiger partial charge on any atom is 0.306 e. The molecule has 0 aromatic carbocycles. The molecule has 0 bridgehead atoms. The minimum atomic E-state index is -1.76. The minimum Gasteiger partial charge on any atom is -0.462 e. The standard InChI is InChI=1S/C45H82O15/c1-3-5-7-9-11-13-15-16-18-20-22-24-26-28-37(48)58-33(30-55-36(47)27-25-23-21-19-17-14-12-10-8-6-4-2)31-56-44-43(54)41(52)39(50)35(60-44)32-57-45-42(53)40(51)38(49)34(29-46)59-45/h16,18,33-35,38-46,49-54H,3-15,17,19-32H2,1-2H3/b18-16+/t33-,34-,35-,38+,39+,40?,41?,42?,43?,44-,45-/m1/s1. The number of unbranched alkanes of at least 4 members (excludes halogenated alkanes) is 19. The van der Waals surface area contributed by atoms with E-state index in [1.165, 1.54) is 83.5 Å². The predicted octanol–water partition coefficient (Wildman–Crippen LogP) is 5.04. The molecule has 2 rings (SSSR count). The molecule has 60 heavy (non-hydrogen) atoms. The molecule has 0 amide bonds. The SMILES string of the molecule is CCCCCCCC/C=C/CCCCCC(=O)O[C@H](COC(=O)CCCCCCCCCCCCC)CO[C@@H]1O[C@H](CO[C@@H]2O[C@H](CO)[C@H](O)C(O)C2O)[C@H](O)C(O)C1O. The number of aliphatic hydroxyl groups is 7. The first-order chi connectivity index (χ1) is 29.0. The average molecular weight is 863 g/mol. The van der Waals surface area contributed by atoms with Crippen LogP contribution in [-0.4, -0.2) is 142 Å². The third-order valence-electron chi connectivity index (χ3n) is 11.2. The Kier molecular flexibility index (Phi) is 30.6. The summed E-state index contributed by atoms with van der Waals surface area (Å²) in [6, 6.07) is 0. The molecule has 0 aromatic rings. The van der Waals surface area contributed by atoms with Crippen LogP contribution in [0, 0.1) is 0 Å². The zero-order chi connectivity index (χ0) is 44.0. The zero-order valence-electron chi connectivity index (χ0n) is 36.7. The van der Waals surface area contributed by atoms with Crippen molar-refractivity contribution in [2.75, 3.05) is 26.4 Å². The van der Waals surface area contributed by atoms with E-state index in [1.54, 1.807) is 0 Å². The van der Waals surface area contributed by atoms with Crippen molar-refractivity contribution >= 4 is 11.9 Å². The summed E-state index contributed by atoms with van der Waals surface area (Å²) >= 11 is 0. The molecule has 15 heteroatoms. The van der Waals surface area contributed by atoms with Gasteiger partial charge in [0.25, 0.3) is 0 Å². The number of rotatable bonds is 35. The van der Waals surface area contributed by atoms with Gasteiger partial charge in [0, 0.05) is 12.8 Å². The Balaban J connectivity index is 1.86. The summed E-state index contributed by atoms with van der Waals surface area (Å²) in [5.41, 5.74) is 0. The summed E-state index contributed by atoms with van der Waals surface area (Å²) in [6.07, 6.45) is 12.6. The maximum absolute atomic E-state index is 12.9. The van der Waals surface area contributed by atoms with Crippen molar-refractivity contribution in [3.05, 3.63) is 12.2 Å². The van der Waals surface area contributed by atoms with Gasteiger partial charge in [-0.25, -0.2) is 0 Å². The van der Waals surface area contributed by atoms with Crippen molar-refractivity contribution in [1.82, 2.24) is 0 Å². The second-order valence-corrected chi connectivity index (χ2v) is 16.6. The van der Waals surface area contributed by atoms with E-state index in [4.69, 9.17) is 28.4 Å². The van der Waals surface area contributed by atoms with Crippen LogP contribution in [0.2, 0.25) is 0 Å². The highest BCUT2D eigenvalue weighted by molar-refractivity contribution is 5.70. The van der Waals surface area contributed by atoms with E-state index < -0.39 is 92.7 Å². The summed E-state index contributed by atoms with van der Waals surface area (Å²) in [6.45, 7) is 2.54. The molecule has 4 unspecified atom stereocenters. The van der Waals surface area contributed by atoms with Gasteiger partial charge in [-0.15, -0.1) is 0 Å². The van der Waals surface area contributed by atoms with Gasteiger partial charge in [-0.3, -0.25) is 9.59 Å². The van der Waals surface area contributed by atoms with Crippen LogP contribution < -0.4 is 0 Å². The van der Waals surface area contributed by atoms with Gasteiger partial charge in [0.1, 0.15) is 55.4 Å². The number of esters is 2. The van der Waals surface area contributed by atoms with E-state index in [1.807, 2.05) is 0 Å². The van der Waals surface area contributed by atoms with Gasteiger partial charge in [0.2, 0.25) is 0 Å². The van der Waals surface area contributed by atoms with Crippen LogP contribution in [0.1, 0.15) is 168 Å². The van der Waals surface area contributed by atoms with Crippen LogP contribution in [0.5, 0.6) is 0 Å². The Morgan fingerprint density at radius 1 is 0.517 bits per heavy atom. The fourth-order valence-electron chi connectivity index (χ4n) is 7.33. The molecular weight excluding hydrogens is 780 g/mol. The molecule has 11 atom stereocenters. The van der Waals surface area contributed by atoms with Crippen LogP contribution in [0.15, 0.2) is 12.2 Å². The lowest BCUT2D eigenvalue weighted by molar-refractivity contribution is -0.332. The third-order valence-corrected chi connectivity index (χ3v) is 11.2. The number of ether oxygens (including phenoxy) is 6. The van der Waals surface area contributed by atoms with Crippen molar-refractivity contribution in [3.63, 3.8) is 0 Å². The number of aliphatic hydroxyl groups excluding tert-OH is 7. The minimum absolute atomic E-state index is 0.148. The van der Waals surface area contributed by atoms with Gasteiger partial charge in [-0.05, 0) is 38.5 Å². The molecule has 352 valence electrons. The summed E-state index contributed by atoms with van der Waals surface area (Å²) in [4.78, 5) is 25.6. The van der Waals surface area contributed by atoms with Crippen molar-refractivity contribution in [2.24, 2.45) is 0 Å². The molecule has 2 saturated heterocycles. The molecule has 0 radical (unpaired) electrons. The first kappa shape index (κ1) is 54.4. The van der Waals surface area contributed by atoms with Crippen LogP contribution in [0.4, 0.5) is 0 Å². The quantitative estimate of drug-likeness (QED) is 0.0252. The number of hydrogen-bond donors (Lipinski definition) is 7. The summed E-state index contributed by atoms with van der Waals surface area (Å²) in [5.74, 6) is -0.940. The number of carbonyl (C=O) groups excluding carboxylic acids is 2. The second kappa shape index (κ2) is 33.8. The van der Waals surface area contributed by atoms with Gasteiger partial charge < -0.3 is 64.2 Å². The van der Waals surface area contributed by atoms with E-state index in [-0.39, 0.29) is 26.1 Å².